The van der Waals surface area contributed by atoms with E-state index in [4.69, 9.17) is 8.83 Å². The van der Waals surface area contributed by atoms with Crippen LogP contribution in [0.15, 0.2) is 56.7 Å². The molecule has 1 unspecified atom stereocenters. The molecule has 3 rings (SSSR count). The van der Waals surface area contributed by atoms with Crippen LogP contribution in [-0.2, 0) is 4.79 Å². The Labute approximate surface area is 137 Å². The number of furan rings is 1. The quantitative estimate of drug-likeness (QED) is 0.718. The minimum absolute atomic E-state index is 0.125. The van der Waals surface area contributed by atoms with Gasteiger partial charge in [-0.1, -0.05) is 30.0 Å². The minimum atomic E-state index is -0.367. The number of benzene rings is 1. The predicted molar refractivity (Wildman–Crippen MR) is 87.1 cm³/mol. The fraction of sp³-hybridized carbons (Fsp3) is 0.188. The Hall–Kier alpha value is -2.54. The SMILES string of the molecule is Cc1occc1-c1nnc(SC(C)C(=O)Nc2ccccc2)o1. The normalized spacial score (nSPS) is 12.1. The van der Waals surface area contributed by atoms with Crippen molar-refractivity contribution in [1.82, 2.24) is 10.2 Å². The first-order valence-corrected chi connectivity index (χ1v) is 7.92. The average Bonchev–Trinajstić information content (AvgIpc) is 3.17. The van der Waals surface area contributed by atoms with E-state index in [1.807, 2.05) is 37.3 Å². The largest absolute Gasteiger partial charge is 0.469 e. The molecule has 0 radical (unpaired) electrons. The molecular weight excluding hydrogens is 314 g/mol. The maximum absolute atomic E-state index is 12.2. The average molecular weight is 329 g/mol. The molecule has 2 aromatic heterocycles. The van der Waals surface area contributed by atoms with Crippen LogP contribution in [0.2, 0.25) is 0 Å². The Balaban J connectivity index is 1.64. The number of rotatable bonds is 5. The maximum atomic E-state index is 12.2. The molecule has 1 N–H and O–H groups in total. The van der Waals surface area contributed by atoms with Crippen molar-refractivity contribution in [3.8, 4) is 11.5 Å². The monoisotopic (exact) mass is 329 g/mol. The number of nitrogens with one attached hydrogen (secondary N) is 1. The number of aryl methyl sites for hydroxylation is 1. The molecule has 6 nitrogen and oxygen atoms in total. The lowest BCUT2D eigenvalue weighted by Crippen LogP contribution is -2.22. The summed E-state index contributed by atoms with van der Waals surface area (Å²) in [6.07, 6.45) is 1.57. The van der Waals surface area contributed by atoms with E-state index in [9.17, 15) is 4.79 Å². The Morgan fingerprint density at radius 1 is 1.22 bits per heavy atom. The molecule has 7 heteroatoms. The number of thioether (sulfide) groups is 1. The van der Waals surface area contributed by atoms with Crippen LogP contribution < -0.4 is 5.32 Å². The van der Waals surface area contributed by atoms with Crippen LogP contribution in [0, 0.1) is 6.92 Å². The number of para-hydroxylation sites is 1. The molecule has 0 fully saturated rings. The lowest BCUT2D eigenvalue weighted by atomic mass is 10.3. The highest BCUT2D eigenvalue weighted by Crippen LogP contribution is 2.28. The van der Waals surface area contributed by atoms with Gasteiger partial charge in [-0.25, -0.2) is 0 Å². The third kappa shape index (κ3) is 3.62. The van der Waals surface area contributed by atoms with Crippen molar-refractivity contribution in [2.24, 2.45) is 0 Å². The van der Waals surface area contributed by atoms with Crippen LogP contribution in [-0.4, -0.2) is 21.4 Å². The summed E-state index contributed by atoms with van der Waals surface area (Å²) in [6, 6.07) is 11.1. The number of anilines is 1. The van der Waals surface area contributed by atoms with E-state index in [1.54, 1.807) is 19.3 Å². The van der Waals surface area contributed by atoms with Gasteiger partial charge in [0.05, 0.1) is 17.1 Å². The summed E-state index contributed by atoms with van der Waals surface area (Å²) >= 11 is 1.21. The van der Waals surface area contributed by atoms with E-state index in [1.165, 1.54) is 11.8 Å². The molecule has 2 heterocycles. The van der Waals surface area contributed by atoms with Gasteiger partial charge >= 0.3 is 0 Å². The van der Waals surface area contributed by atoms with Crippen LogP contribution in [0.5, 0.6) is 0 Å². The Morgan fingerprint density at radius 3 is 2.70 bits per heavy atom. The van der Waals surface area contributed by atoms with Crippen LogP contribution in [0.1, 0.15) is 12.7 Å². The van der Waals surface area contributed by atoms with Gasteiger partial charge < -0.3 is 14.2 Å². The predicted octanol–water partition coefficient (Wildman–Crippen LogP) is 3.76. The highest BCUT2D eigenvalue weighted by molar-refractivity contribution is 8.00. The third-order valence-corrected chi connectivity index (χ3v) is 4.12. The molecule has 0 aliphatic rings. The molecule has 0 bridgehead atoms. The number of nitrogens with zero attached hydrogens (tertiary/aromatic N) is 2. The van der Waals surface area contributed by atoms with E-state index in [-0.39, 0.29) is 11.2 Å². The van der Waals surface area contributed by atoms with Crippen LogP contribution >= 0.6 is 11.8 Å². The van der Waals surface area contributed by atoms with Gasteiger partial charge in [0, 0.05) is 5.69 Å². The standard InChI is InChI=1S/C16H15N3O3S/c1-10-13(8-9-21-10)15-18-19-16(22-15)23-11(2)14(20)17-12-6-4-3-5-7-12/h3-9,11H,1-2H3,(H,17,20). The summed E-state index contributed by atoms with van der Waals surface area (Å²) in [5.41, 5.74) is 1.51. The number of carbonyl (C=O) groups is 1. The molecule has 1 atom stereocenters. The van der Waals surface area contributed by atoms with Gasteiger partial charge in [0.1, 0.15) is 5.76 Å². The fourth-order valence-corrected chi connectivity index (χ4v) is 2.63. The zero-order chi connectivity index (χ0) is 16.2. The Morgan fingerprint density at radius 2 is 2.00 bits per heavy atom. The fourth-order valence-electron chi connectivity index (χ4n) is 1.94. The summed E-state index contributed by atoms with van der Waals surface area (Å²) in [5, 5.41) is 10.8. The lowest BCUT2D eigenvalue weighted by molar-refractivity contribution is -0.115. The highest BCUT2D eigenvalue weighted by Gasteiger charge is 2.19. The van der Waals surface area contributed by atoms with E-state index in [2.05, 4.69) is 15.5 Å². The lowest BCUT2D eigenvalue weighted by Gasteiger charge is -2.09. The second-order valence-corrected chi connectivity index (χ2v) is 6.17. The topological polar surface area (TPSA) is 81.2 Å². The molecule has 0 spiro atoms. The summed E-state index contributed by atoms with van der Waals surface area (Å²) in [5.74, 6) is 0.968. The Kier molecular flexibility index (Phi) is 4.47. The maximum Gasteiger partial charge on any atom is 0.277 e. The molecule has 1 aromatic carbocycles. The van der Waals surface area contributed by atoms with Crippen molar-refractivity contribution in [3.63, 3.8) is 0 Å². The van der Waals surface area contributed by atoms with Crippen LogP contribution in [0.25, 0.3) is 11.5 Å². The van der Waals surface area contributed by atoms with Crippen molar-refractivity contribution in [3.05, 3.63) is 48.4 Å². The molecule has 23 heavy (non-hydrogen) atoms. The zero-order valence-corrected chi connectivity index (χ0v) is 13.5. The van der Waals surface area contributed by atoms with Crippen LogP contribution in [0.4, 0.5) is 5.69 Å². The number of carbonyl (C=O) groups excluding carboxylic acids is 1. The van der Waals surface area contributed by atoms with Gasteiger partial charge in [-0.15, -0.1) is 10.2 Å². The number of hydrogen-bond donors (Lipinski definition) is 1. The first-order valence-electron chi connectivity index (χ1n) is 7.04. The van der Waals surface area contributed by atoms with Crippen molar-refractivity contribution in [1.29, 1.82) is 0 Å². The highest BCUT2D eigenvalue weighted by atomic mass is 32.2. The minimum Gasteiger partial charge on any atom is -0.469 e. The van der Waals surface area contributed by atoms with Crippen molar-refractivity contribution in [2.75, 3.05) is 5.32 Å². The Bertz CT molecular complexity index is 798. The molecule has 3 aromatic rings. The molecule has 0 saturated heterocycles. The second-order valence-electron chi connectivity index (χ2n) is 4.88. The van der Waals surface area contributed by atoms with E-state index in [0.29, 0.717) is 16.9 Å². The van der Waals surface area contributed by atoms with Crippen LogP contribution in [0.3, 0.4) is 0 Å². The van der Waals surface area contributed by atoms with Gasteiger partial charge in [-0.3, -0.25) is 4.79 Å². The number of amides is 1. The summed E-state index contributed by atoms with van der Waals surface area (Å²) in [4.78, 5) is 12.2. The first kappa shape index (κ1) is 15.4. The second kappa shape index (κ2) is 6.70. The van der Waals surface area contributed by atoms with E-state index >= 15 is 0 Å². The summed E-state index contributed by atoms with van der Waals surface area (Å²) in [7, 11) is 0. The number of hydrogen-bond acceptors (Lipinski definition) is 6. The molecule has 1 amide bonds. The summed E-state index contributed by atoms with van der Waals surface area (Å²) < 4.78 is 10.8. The van der Waals surface area contributed by atoms with Crippen molar-refractivity contribution in [2.45, 2.75) is 24.3 Å². The van der Waals surface area contributed by atoms with Gasteiger partial charge in [-0.2, -0.15) is 0 Å². The van der Waals surface area contributed by atoms with Gasteiger partial charge in [0.25, 0.3) is 11.1 Å². The smallest absolute Gasteiger partial charge is 0.277 e. The molecular formula is C16H15N3O3S. The molecule has 118 valence electrons. The van der Waals surface area contributed by atoms with Crippen molar-refractivity contribution < 1.29 is 13.6 Å². The summed E-state index contributed by atoms with van der Waals surface area (Å²) in [6.45, 7) is 3.61. The molecule has 0 saturated carbocycles. The molecule has 0 aliphatic carbocycles. The molecule has 0 aliphatic heterocycles. The number of aromatic nitrogens is 2. The first-order chi connectivity index (χ1) is 11.1. The van der Waals surface area contributed by atoms with E-state index in [0.717, 1.165) is 11.3 Å². The zero-order valence-electron chi connectivity index (χ0n) is 12.6. The van der Waals surface area contributed by atoms with Gasteiger partial charge in [0.15, 0.2) is 0 Å². The van der Waals surface area contributed by atoms with Gasteiger partial charge in [-0.05, 0) is 32.0 Å². The van der Waals surface area contributed by atoms with Crippen molar-refractivity contribution >= 4 is 23.4 Å². The van der Waals surface area contributed by atoms with Gasteiger partial charge in [0.2, 0.25) is 5.91 Å². The van der Waals surface area contributed by atoms with E-state index < -0.39 is 0 Å². The third-order valence-electron chi connectivity index (χ3n) is 3.18.